The van der Waals surface area contributed by atoms with E-state index >= 15 is 0 Å². The van der Waals surface area contributed by atoms with Gasteiger partial charge in [0.2, 0.25) is 0 Å². The Morgan fingerprint density at radius 1 is 1.71 bits per heavy atom. The van der Waals surface area contributed by atoms with Gasteiger partial charge in [-0.15, -0.1) is 0 Å². The Morgan fingerprint density at radius 3 is 2.14 bits per heavy atom. The van der Waals surface area contributed by atoms with Crippen LogP contribution in [0.5, 0.6) is 0 Å². The molecule has 0 N–H and O–H groups in total. The minimum atomic E-state index is -2.93. The molecule has 0 saturated heterocycles. The van der Waals surface area contributed by atoms with Crippen molar-refractivity contribution in [2.75, 3.05) is 0 Å². The Morgan fingerprint density at radius 2 is 2.14 bits per heavy atom. The zero-order chi connectivity index (χ0) is 5.91. The SMILES string of the molecule is O=[C]OC(F)(Cl)Cl. The van der Waals surface area contributed by atoms with Crippen LogP contribution in [0.4, 0.5) is 4.39 Å². The molecule has 0 bridgehead atoms. The monoisotopic (exact) mass is 145 g/mol. The molecule has 0 aromatic carbocycles. The first-order valence-corrected chi connectivity index (χ1v) is 1.94. The van der Waals surface area contributed by atoms with Crippen LogP contribution in [0.15, 0.2) is 0 Å². The standard InChI is InChI=1S/C2Cl2FO2/c3-2(4,5)7-1-6. The van der Waals surface area contributed by atoms with E-state index in [1.54, 1.807) is 0 Å². The molecule has 0 atom stereocenters. The summed E-state index contributed by atoms with van der Waals surface area (Å²) in [6.45, 7) is 0.719. The fraction of sp³-hybridized carbons (Fsp3) is 0.500. The van der Waals surface area contributed by atoms with Gasteiger partial charge in [-0.1, -0.05) is 0 Å². The summed E-state index contributed by atoms with van der Waals surface area (Å²) in [4.78, 5) is 9.06. The van der Waals surface area contributed by atoms with E-state index in [9.17, 15) is 4.39 Å². The molecule has 1 radical (unpaired) electrons. The Balaban J connectivity index is 3.34. The number of hydrogen-bond acceptors (Lipinski definition) is 2. The highest BCUT2D eigenvalue weighted by molar-refractivity contribution is 6.46. The van der Waals surface area contributed by atoms with Gasteiger partial charge in [-0.25, -0.2) is 4.79 Å². The van der Waals surface area contributed by atoms with Crippen molar-refractivity contribution in [3.8, 4) is 0 Å². The minimum absolute atomic E-state index is 0.719. The molecule has 0 heterocycles. The van der Waals surface area contributed by atoms with Gasteiger partial charge in [0.1, 0.15) is 0 Å². The lowest BCUT2D eigenvalue weighted by Gasteiger charge is -2.01. The number of carbonyl (C=O) groups excluding carboxylic acids is 1. The highest BCUT2D eigenvalue weighted by Gasteiger charge is 2.23. The summed E-state index contributed by atoms with van der Waals surface area (Å²) in [5.74, 6) is 0. The van der Waals surface area contributed by atoms with E-state index in [-0.39, 0.29) is 0 Å². The van der Waals surface area contributed by atoms with Crippen molar-refractivity contribution >= 4 is 29.7 Å². The third-order valence-corrected chi connectivity index (χ3v) is 0.312. The molecule has 7 heavy (non-hydrogen) atoms. The van der Waals surface area contributed by atoms with Gasteiger partial charge in [0.25, 0.3) is 0 Å². The van der Waals surface area contributed by atoms with E-state index in [0.29, 0.717) is 0 Å². The summed E-state index contributed by atoms with van der Waals surface area (Å²) in [6, 6.07) is 0. The molecule has 0 aromatic rings. The molecule has 0 rings (SSSR count). The van der Waals surface area contributed by atoms with Crippen molar-refractivity contribution < 1.29 is 13.9 Å². The van der Waals surface area contributed by atoms with Crippen LogP contribution >= 0.6 is 23.2 Å². The summed E-state index contributed by atoms with van der Waals surface area (Å²) >= 11 is 8.89. The molecule has 0 amide bonds. The predicted molar refractivity (Wildman–Crippen MR) is 22.3 cm³/mol. The van der Waals surface area contributed by atoms with Crippen LogP contribution < -0.4 is 0 Å². The highest BCUT2D eigenvalue weighted by Crippen LogP contribution is 2.21. The van der Waals surface area contributed by atoms with E-state index in [1.165, 1.54) is 0 Å². The van der Waals surface area contributed by atoms with Crippen LogP contribution in [0.1, 0.15) is 0 Å². The van der Waals surface area contributed by atoms with Crippen molar-refractivity contribution in [1.29, 1.82) is 0 Å². The van der Waals surface area contributed by atoms with Gasteiger partial charge >= 0.3 is 11.2 Å². The summed E-state index contributed by atoms with van der Waals surface area (Å²) in [6.07, 6.45) is 0. The zero-order valence-corrected chi connectivity index (χ0v) is 4.46. The fourth-order valence-electron chi connectivity index (χ4n) is 0.0472. The number of rotatable bonds is 2. The number of halogens is 3. The van der Waals surface area contributed by atoms with Crippen molar-refractivity contribution in [3.63, 3.8) is 0 Å². The maximum atomic E-state index is 11.4. The van der Waals surface area contributed by atoms with Gasteiger partial charge in [0.05, 0.1) is 0 Å². The molecule has 0 aromatic heterocycles. The first-order valence-electron chi connectivity index (χ1n) is 1.18. The molecule has 0 aliphatic carbocycles. The largest absolute Gasteiger partial charge is 0.422 e. The van der Waals surface area contributed by atoms with Crippen LogP contribution in [0, 0.1) is 0 Å². The molecular formula is C2Cl2FO2. The van der Waals surface area contributed by atoms with Crippen molar-refractivity contribution in [2.24, 2.45) is 0 Å². The van der Waals surface area contributed by atoms with E-state index in [4.69, 9.17) is 4.79 Å². The van der Waals surface area contributed by atoms with Crippen LogP contribution in [-0.2, 0) is 9.53 Å². The van der Waals surface area contributed by atoms with Gasteiger partial charge in [0, 0.05) is 0 Å². The van der Waals surface area contributed by atoms with Gasteiger partial charge in [-0.3, -0.25) is 0 Å². The molecule has 0 aliphatic heterocycles. The lowest BCUT2D eigenvalue weighted by atomic mass is 11.4. The zero-order valence-electron chi connectivity index (χ0n) is 2.95. The fourth-order valence-corrected chi connectivity index (χ4v) is 0.110. The maximum absolute atomic E-state index is 11.4. The van der Waals surface area contributed by atoms with Crippen LogP contribution in [0.2, 0.25) is 0 Å². The second-order valence-corrected chi connectivity index (χ2v) is 1.80. The van der Waals surface area contributed by atoms with E-state index < -0.39 is 4.77 Å². The number of alkyl halides is 3. The van der Waals surface area contributed by atoms with E-state index in [1.807, 2.05) is 0 Å². The van der Waals surface area contributed by atoms with Crippen LogP contribution in [-0.4, -0.2) is 11.2 Å². The molecule has 5 heteroatoms. The molecule has 2 nitrogen and oxygen atoms in total. The summed E-state index contributed by atoms with van der Waals surface area (Å²) < 4.78 is 11.8. The van der Waals surface area contributed by atoms with Gasteiger partial charge < -0.3 is 4.74 Å². The normalized spacial score (nSPS) is 10.7. The van der Waals surface area contributed by atoms with E-state index in [0.717, 1.165) is 6.47 Å². The summed E-state index contributed by atoms with van der Waals surface area (Å²) in [5.41, 5.74) is 0. The summed E-state index contributed by atoms with van der Waals surface area (Å²) in [7, 11) is 0. The van der Waals surface area contributed by atoms with Crippen LogP contribution in [0.25, 0.3) is 0 Å². The predicted octanol–water partition coefficient (Wildman–Crippen LogP) is 1.13. The topological polar surface area (TPSA) is 26.3 Å². The molecule has 0 fully saturated rings. The van der Waals surface area contributed by atoms with Gasteiger partial charge in [0.15, 0.2) is 0 Å². The lowest BCUT2D eigenvalue weighted by molar-refractivity contribution is 0.0859. The second-order valence-electron chi connectivity index (χ2n) is 0.631. The third kappa shape index (κ3) is 5.98. The quantitative estimate of drug-likeness (QED) is 0.545. The molecule has 0 unspecified atom stereocenters. The van der Waals surface area contributed by atoms with Crippen LogP contribution in [0.3, 0.4) is 0 Å². The lowest BCUT2D eigenvalue weighted by Crippen LogP contribution is -2.07. The second kappa shape index (κ2) is 2.33. The first kappa shape index (κ1) is 6.98. The van der Waals surface area contributed by atoms with Crippen molar-refractivity contribution in [2.45, 2.75) is 4.77 Å². The molecule has 0 spiro atoms. The first-order chi connectivity index (χ1) is 3.06. The minimum Gasteiger partial charge on any atom is -0.393 e. The third-order valence-electron chi connectivity index (χ3n) is 0.157. The Hall–Kier alpha value is -0.0200. The number of ether oxygens (including phenoxy) is 1. The molecule has 41 valence electrons. The van der Waals surface area contributed by atoms with Crippen molar-refractivity contribution in [3.05, 3.63) is 0 Å². The summed E-state index contributed by atoms with van der Waals surface area (Å²) in [5, 5.41) is 0. The Kier molecular flexibility index (Phi) is 2.32. The average Bonchev–Trinajstić information content (AvgIpc) is 1.30. The Bertz CT molecular complexity index is 68.6. The Labute approximate surface area is 49.2 Å². The highest BCUT2D eigenvalue weighted by atomic mass is 35.5. The van der Waals surface area contributed by atoms with Gasteiger partial charge in [-0.05, 0) is 23.2 Å². The van der Waals surface area contributed by atoms with E-state index in [2.05, 4.69) is 27.9 Å². The smallest absolute Gasteiger partial charge is 0.393 e. The average molecular weight is 146 g/mol. The number of hydrogen-bond donors (Lipinski definition) is 0. The molecule has 0 saturated carbocycles. The maximum Gasteiger partial charge on any atom is 0.422 e. The molecular weight excluding hydrogens is 146 g/mol. The van der Waals surface area contributed by atoms with Gasteiger partial charge in [-0.2, -0.15) is 4.39 Å². The van der Waals surface area contributed by atoms with Crippen molar-refractivity contribution in [1.82, 2.24) is 0 Å². The molecule has 0 aliphatic rings.